The number of hydrogen-bond donors (Lipinski definition) is 2. The number of hydrogen-bond acceptors (Lipinski definition) is 4. The minimum Gasteiger partial charge on any atom is -0.444 e. The Morgan fingerprint density at radius 1 is 1.40 bits per heavy atom. The van der Waals surface area contributed by atoms with E-state index < -0.39 is 0 Å². The van der Waals surface area contributed by atoms with Crippen LogP contribution in [-0.2, 0) is 0 Å². The van der Waals surface area contributed by atoms with Crippen molar-refractivity contribution in [2.24, 2.45) is 11.7 Å². The molecule has 3 N–H and O–H groups in total. The van der Waals surface area contributed by atoms with Gasteiger partial charge >= 0.3 is 0 Å². The van der Waals surface area contributed by atoms with E-state index in [4.69, 9.17) is 10.2 Å². The number of amides is 1. The fourth-order valence-corrected chi connectivity index (χ4v) is 1.53. The van der Waals surface area contributed by atoms with Crippen LogP contribution in [0.4, 0.5) is 0 Å². The molecule has 0 fully saturated rings. The van der Waals surface area contributed by atoms with Gasteiger partial charge in [-0.3, -0.25) is 4.79 Å². The molecule has 0 aliphatic heterocycles. The summed E-state index contributed by atoms with van der Waals surface area (Å²) in [7, 11) is 0. The van der Waals surface area contributed by atoms with Crippen molar-refractivity contribution in [2.75, 3.05) is 13.1 Å². The predicted octanol–water partition coefficient (Wildman–Crippen LogP) is 2.09. The summed E-state index contributed by atoms with van der Waals surface area (Å²) in [6, 6.07) is 9.45. The van der Waals surface area contributed by atoms with Crippen LogP contribution in [0.3, 0.4) is 0 Å². The second-order valence-corrected chi connectivity index (χ2v) is 4.45. The lowest BCUT2D eigenvalue weighted by atomic mass is 10.2. The van der Waals surface area contributed by atoms with Crippen LogP contribution in [0.25, 0.3) is 11.5 Å². The van der Waals surface area contributed by atoms with Crippen molar-refractivity contribution in [3.63, 3.8) is 0 Å². The third kappa shape index (κ3) is 4.08. The van der Waals surface area contributed by atoms with Crippen molar-refractivity contribution >= 4 is 18.3 Å². The van der Waals surface area contributed by atoms with Gasteiger partial charge in [-0.1, -0.05) is 25.1 Å². The van der Waals surface area contributed by atoms with Gasteiger partial charge in [-0.25, -0.2) is 4.98 Å². The molecular weight excluding hydrogens is 278 g/mol. The second-order valence-electron chi connectivity index (χ2n) is 4.45. The first-order valence-electron chi connectivity index (χ1n) is 6.20. The highest BCUT2D eigenvalue weighted by Crippen LogP contribution is 2.17. The molecular formula is C14H18ClN3O2. The highest BCUT2D eigenvalue weighted by atomic mass is 35.5. The molecule has 1 aromatic heterocycles. The Morgan fingerprint density at radius 3 is 2.75 bits per heavy atom. The first kappa shape index (κ1) is 16.2. The SMILES string of the molecule is CC(CN)CNC(=O)c1coc(-c2ccccc2)n1.Cl. The summed E-state index contributed by atoms with van der Waals surface area (Å²) in [6.07, 6.45) is 1.37. The Labute approximate surface area is 124 Å². The number of nitrogens with zero attached hydrogens (tertiary/aromatic N) is 1. The van der Waals surface area contributed by atoms with Gasteiger partial charge in [0.2, 0.25) is 5.89 Å². The van der Waals surface area contributed by atoms with E-state index in [0.717, 1.165) is 5.56 Å². The highest BCUT2D eigenvalue weighted by molar-refractivity contribution is 5.92. The van der Waals surface area contributed by atoms with Crippen LogP contribution in [0.5, 0.6) is 0 Å². The molecule has 0 radical (unpaired) electrons. The Hall–Kier alpha value is -1.85. The lowest BCUT2D eigenvalue weighted by Crippen LogP contribution is -2.31. The number of oxazole rings is 1. The van der Waals surface area contributed by atoms with Crippen LogP contribution in [0, 0.1) is 5.92 Å². The summed E-state index contributed by atoms with van der Waals surface area (Å²) in [5.74, 6) is 0.438. The fraction of sp³-hybridized carbons (Fsp3) is 0.286. The molecule has 1 unspecified atom stereocenters. The van der Waals surface area contributed by atoms with Gasteiger partial charge < -0.3 is 15.5 Å². The van der Waals surface area contributed by atoms with Crippen LogP contribution >= 0.6 is 12.4 Å². The van der Waals surface area contributed by atoms with Gasteiger partial charge in [0.25, 0.3) is 5.91 Å². The van der Waals surface area contributed by atoms with E-state index in [1.165, 1.54) is 6.26 Å². The lowest BCUT2D eigenvalue weighted by molar-refractivity contribution is 0.0943. The number of carbonyl (C=O) groups excluding carboxylic acids is 1. The Morgan fingerprint density at radius 2 is 2.10 bits per heavy atom. The smallest absolute Gasteiger partial charge is 0.273 e. The summed E-state index contributed by atoms with van der Waals surface area (Å²) in [6.45, 7) is 3.04. The first-order valence-corrected chi connectivity index (χ1v) is 6.20. The minimum absolute atomic E-state index is 0. The number of aromatic nitrogens is 1. The molecule has 0 aliphatic rings. The zero-order valence-electron chi connectivity index (χ0n) is 11.2. The summed E-state index contributed by atoms with van der Waals surface area (Å²) < 4.78 is 5.31. The standard InChI is InChI=1S/C14H17N3O2.ClH/c1-10(7-15)8-16-13(18)12-9-19-14(17-12)11-5-3-2-4-6-11;/h2-6,9-10H,7-8,15H2,1H3,(H,16,18);1H. The molecule has 1 atom stereocenters. The average molecular weight is 296 g/mol. The topological polar surface area (TPSA) is 81.1 Å². The maximum absolute atomic E-state index is 11.8. The average Bonchev–Trinajstić information content (AvgIpc) is 2.95. The van der Waals surface area contributed by atoms with Crippen molar-refractivity contribution in [1.82, 2.24) is 10.3 Å². The van der Waals surface area contributed by atoms with E-state index >= 15 is 0 Å². The van der Waals surface area contributed by atoms with Gasteiger partial charge in [-0.05, 0) is 24.6 Å². The van der Waals surface area contributed by atoms with E-state index in [-0.39, 0.29) is 29.9 Å². The summed E-state index contributed by atoms with van der Waals surface area (Å²) in [5, 5.41) is 2.77. The van der Waals surface area contributed by atoms with E-state index in [2.05, 4.69) is 10.3 Å². The van der Waals surface area contributed by atoms with Gasteiger partial charge in [0, 0.05) is 12.1 Å². The van der Waals surface area contributed by atoms with Crippen molar-refractivity contribution < 1.29 is 9.21 Å². The van der Waals surface area contributed by atoms with Gasteiger partial charge in [-0.2, -0.15) is 0 Å². The first-order chi connectivity index (χ1) is 9.20. The molecule has 6 heteroatoms. The molecule has 0 saturated carbocycles. The molecule has 2 aromatic rings. The lowest BCUT2D eigenvalue weighted by Gasteiger charge is -2.08. The second kappa shape index (κ2) is 7.67. The molecule has 20 heavy (non-hydrogen) atoms. The van der Waals surface area contributed by atoms with Crippen LogP contribution < -0.4 is 11.1 Å². The fourth-order valence-electron chi connectivity index (χ4n) is 1.53. The normalized spacial score (nSPS) is 11.5. The molecule has 1 amide bonds. The Bertz CT molecular complexity index is 542. The molecule has 0 aliphatic carbocycles. The summed E-state index contributed by atoms with van der Waals surface area (Å²) >= 11 is 0. The maximum Gasteiger partial charge on any atom is 0.273 e. The maximum atomic E-state index is 11.8. The quantitative estimate of drug-likeness (QED) is 0.885. The molecule has 0 spiro atoms. The minimum atomic E-state index is -0.244. The van der Waals surface area contributed by atoms with Crippen molar-refractivity contribution in [3.05, 3.63) is 42.3 Å². The van der Waals surface area contributed by atoms with Gasteiger partial charge in [0.1, 0.15) is 6.26 Å². The van der Waals surface area contributed by atoms with Gasteiger partial charge in [0.05, 0.1) is 0 Å². The largest absolute Gasteiger partial charge is 0.444 e. The number of nitrogens with two attached hydrogens (primary N) is 1. The van der Waals surface area contributed by atoms with Crippen LogP contribution in [0.2, 0.25) is 0 Å². The molecule has 0 saturated heterocycles. The molecule has 5 nitrogen and oxygen atoms in total. The third-order valence-electron chi connectivity index (χ3n) is 2.77. The number of halogens is 1. The van der Waals surface area contributed by atoms with Crippen LogP contribution in [0.15, 0.2) is 41.0 Å². The van der Waals surface area contributed by atoms with Crippen molar-refractivity contribution in [3.8, 4) is 11.5 Å². The predicted molar refractivity (Wildman–Crippen MR) is 79.7 cm³/mol. The molecule has 0 bridgehead atoms. The number of nitrogens with one attached hydrogen (secondary N) is 1. The van der Waals surface area contributed by atoms with Crippen LogP contribution in [-0.4, -0.2) is 24.0 Å². The number of benzene rings is 1. The zero-order chi connectivity index (χ0) is 13.7. The monoisotopic (exact) mass is 295 g/mol. The number of rotatable bonds is 5. The highest BCUT2D eigenvalue weighted by Gasteiger charge is 2.13. The molecule has 1 aromatic carbocycles. The van der Waals surface area contributed by atoms with Crippen molar-refractivity contribution in [1.29, 1.82) is 0 Å². The zero-order valence-corrected chi connectivity index (χ0v) is 12.0. The van der Waals surface area contributed by atoms with Crippen molar-refractivity contribution in [2.45, 2.75) is 6.92 Å². The molecule has 2 rings (SSSR count). The van der Waals surface area contributed by atoms with Crippen LogP contribution in [0.1, 0.15) is 17.4 Å². The summed E-state index contributed by atoms with van der Waals surface area (Å²) in [5.41, 5.74) is 6.62. The summed E-state index contributed by atoms with van der Waals surface area (Å²) in [4.78, 5) is 16.0. The molecule has 1 heterocycles. The van der Waals surface area contributed by atoms with E-state index in [1.54, 1.807) is 0 Å². The Kier molecular flexibility index (Phi) is 6.21. The van der Waals surface area contributed by atoms with Gasteiger partial charge in [-0.15, -0.1) is 12.4 Å². The Balaban J connectivity index is 0.00000200. The van der Waals surface area contributed by atoms with E-state index in [9.17, 15) is 4.79 Å². The van der Waals surface area contributed by atoms with Gasteiger partial charge in [0.15, 0.2) is 5.69 Å². The number of carbonyl (C=O) groups is 1. The third-order valence-corrected chi connectivity index (χ3v) is 2.77. The van der Waals surface area contributed by atoms with E-state index in [1.807, 2.05) is 37.3 Å². The molecule has 108 valence electrons. The van der Waals surface area contributed by atoms with E-state index in [0.29, 0.717) is 19.0 Å².